The van der Waals surface area contributed by atoms with Crippen molar-refractivity contribution in [2.75, 3.05) is 26.3 Å². The van der Waals surface area contributed by atoms with E-state index in [-0.39, 0.29) is 11.9 Å². The van der Waals surface area contributed by atoms with Crippen molar-refractivity contribution in [3.8, 4) is 0 Å². The molecule has 98 valence electrons. The number of benzene rings is 1. The van der Waals surface area contributed by atoms with Crippen LogP contribution in [0.25, 0.3) is 0 Å². The molecule has 1 aliphatic heterocycles. The van der Waals surface area contributed by atoms with Gasteiger partial charge in [0, 0.05) is 6.54 Å². The summed E-state index contributed by atoms with van der Waals surface area (Å²) in [5, 5.41) is 3.00. The van der Waals surface area contributed by atoms with Crippen molar-refractivity contribution in [2.24, 2.45) is 0 Å². The van der Waals surface area contributed by atoms with Crippen molar-refractivity contribution in [2.45, 2.75) is 19.5 Å². The predicted molar refractivity (Wildman–Crippen MR) is 69.3 cm³/mol. The highest BCUT2D eigenvalue weighted by Gasteiger charge is 2.26. The van der Waals surface area contributed by atoms with Crippen molar-refractivity contribution < 1.29 is 14.4 Å². The number of ether oxygens (including phenoxy) is 1. The standard InChI is InChI=1S/C14H20N2O2/c1-12(16-7-9-18-10-8-16)14(17)15-11-13-5-3-2-4-6-13/h2-6,12H,7-11H2,1H3,(H,15,17)/p+1/t12-/m1/s1. The zero-order valence-electron chi connectivity index (χ0n) is 10.8. The molecule has 1 aromatic carbocycles. The number of morpholine rings is 1. The van der Waals surface area contributed by atoms with E-state index in [1.807, 2.05) is 37.3 Å². The smallest absolute Gasteiger partial charge is 0.278 e. The van der Waals surface area contributed by atoms with Gasteiger partial charge in [0.15, 0.2) is 6.04 Å². The largest absolute Gasteiger partial charge is 0.370 e. The second-order valence-electron chi connectivity index (χ2n) is 4.70. The fourth-order valence-corrected chi connectivity index (χ4v) is 2.19. The van der Waals surface area contributed by atoms with Gasteiger partial charge in [-0.3, -0.25) is 4.79 Å². The molecular formula is C14H21N2O2+. The Bertz CT molecular complexity index is 375. The summed E-state index contributed by atoms with van der Waals surface area (Å²) in [7, 11) is 0. The lowest BCUT2D eigenvalue weighted by Gasteiger charge is -2.28. The van der Waals surface area contributed by atoms with Crippen LogP contribution in [0.5, 0.6) is 0 Å². The molecular weight excluding hydrogens is 228 g/mol. The van der Waals surface area contributed by atoms with Gasteiger partial charge >= 0.3 is 0 Å². The van der Waals surface area contributed by atoms with Crippen LogP contribution in [-0.2, 0) is 16.1 Å². The molecule has 0 saturated carbocycles. The van der Waals surface area contributed by atoms with E-state index in [0.29, 0.717) is 6.54 Å². The maximum atomic E-state index is 12.0. The average Bonchev–Trinajstić information content (AvgIpc) is 2.46. The van der Waals surface area contributed by atoms with E-state index in [9.17, 15) is 4.79 Å². The molecule has 0 spiro atoms. The first-order valence-electron chi connectivity index (χ1n) is 6.51. The maximum absolute atomic E-state index is 12.0. The molecule has 1 amide bonds. The van der Waals surface area contributed by atoms with Gasteiger partial charge in [0.25, 0.3) is 5.91 Å². The summed E-state index contributed by atoms with van der Waals surface area (Å²) in [6.07, 6.45) is 0. The van der Waals surface area contributed by atoms with E-state index in [1.165, 1.54) is 4.90 Å². The minimum Gasteiger partial charge on any atom is -0.370 e. The topological polar surface area (TPSA) is 42.8 Å². The summed E-state index contributed by atoms with van der Waals surface area (Å²) in [6, 6.07) is 9.99. The lowest BCUT2D eigenvalue weighted by atomic mass is 10.2. The van der Waals surface area contributed by atoms with Crippen LogP contribution in [0.1, 0.15) is 12.5 Å². The lowest BCUT2D eigenvalue weighted by Crippen LogP contribution is -3.18. The zero-order chi connectivity index (χ0) is 12.8. The van der Waals surface area contributed by atoms with Crippen molar-refractivity contribution in [3.63, 3.8) is 0 Å². The van der Waals surface area contributed by atoms with Crippen LogP contribution >= 0.6 is 0 Å². The second-order valence-corrected chi connectivity index (χ2v) is 4.70. The summed E-state index contributed by atoms with van der Waals surface area (Å²) in [4.78, 5) is 13.4. The molecule has 1 heterocycles. The predicted octanol–water partition coefficient (Wildman–Crippen LogP) is -0.394. The SMILES string of the molecule is C[C@H](C(=O)NCc1ccccc1)[NH+]1CCOCC1. The normalized spacial score (nSPS) is 18.3. The molecule has 0 radical (unpaired) electrons. The quantitative estimate of drug-likeness (QED) is 0.763. The van der Waals surface area contributed by atoms with Crippen LogP contribution in [-0.4, -0.2) is 38.3 Å². The molecule has 4 heteroatoms. The molecule has 1 saturated heterocycles. The van der Waals surface area contributed by atoms with Gasteiger partial charge in [0.1, 0.15) is 13.1 Å². The average molecular weight is 249 g/mol. The molecule has 1 fully saturated rings. The van der Waals surface area contributed by atoms with Gasteiger partial charge in [-0.05, 0) is 12.5 Å². The first-order valence-corrected chi connectivity index (χ1v) is 6.51. The van der Waals surface area contributed by atoms with E-state index < -0.39 is 0 Å². The van der Waals surface area contributed by atoms with Crippen LogP contribution in [0, 0.1) is 0 Å². The molecule has 2 rings (SSSR count). The molecule has 0 aromatic heterocycles. The minimum absolute atomic E-state index is 0.00221. The molecule has 1 atom stereocenters. The molecule has 4 nitrogen and oxygen atoms in total. The number of carbonyl (C=O) groups is 1. The zero-order valence-corrected chi connectivity index (χ0v) is 10.8. The Morgan fingerprint density at radius 1 is 1.33 bits per heavy atom. The Balaban J connectivity index is 1.80. The van der Waals surface area contributed by atoms with Gasteiger partial charge in [-0.25, -0.2) is 0 Å². The first-order chi connectivity index (χ1) is 8.77. The van der Waals surface area contributed by atoms with Crippen LogP contribution in [0.4, 0.5) is 0 Å². The molecule has 0 aliphatic carbocycles. The Morgan fingerprint density at radius 3 is 2.67 bits per heavy atom. The lowest BCUT2D eigenvalue weighted by molar-refractivity contribution is -0.921. The van der Waals surface area contributed by atoms with Crippen molar-refractivity contribution in [1.82, 2.24) is 5.32 Å². The van der Waals surface area contributed by atoms with Crippen molar-refractivity contribution in [3.05, 3.63) is 35.9 Å². The fourth-order valence-electron chi connectivity index (χ4n) is 2.19. The van der Waals surface area contributed by atoms with Crippen LogP contribution in [0.2, 0.25) is 0 Å². The van der Waals surface area contributed by atoms with Crippen molar-refractivity contribution >= 4 is 5.91 Å². The van der Waals surface area contributed by atoms with E-state index in [1.54, 1.807) is 0 Å². The number of hydrogen-bond donors (Lipinski definition) is 2. The third-order valence-corrected chi connectivity index (χ3v) is 3.45. The summed E-state index contributed by atoms with van der Waals surface area (Å²) in [5.74, 6) is 0.121. The van der Waals surface area contributed by atoms with Gasteiger partial charge in [-0.1, -0.05) is 30.3 Å². The Labute approximate surface area is 108 Å². The highest BCUT2D eigenvalue weighted by molar-refractivity contribution is 5.79. The van der Waals surface area contributed by atoms with E-state index >= 15 is 0 Å². The molecule has 0 unspecified atom stereocenters. The van der Waals surface area contributed by atoms with Crippen molar-refractivity contribution in [1.29, 1.82) is 0 Å². The molecule has 18 heavy (non-hydrogen) atoms. The van der Waals surface area contributed by atoms with Crippen LogP contribution in [0.15, 0.2) is 30.3 Å². The number of quaternary nitrogens is 1. The molecule has 1 aromatic rings. The maximum Gasteiger partial charge on any atom is 0.278 e. The number of rotatable bonds is 4. The number of hydrogen-bond acceptors (Lipinski definition) is 2. The van der Waals surface area contributed by atoms with Gasteiger partial charge in [-0.15, -0.1) is 0 Å². The van der Waals surface area contributed by atoms with Gasteiger partial charge < -0.3 is 15.0 Å². The Kier molecular flexibility index (Phi) is 4.73. The molecule has 1 aliphatic rings. The highest BCUT2D eigenvalue weighted by Crippen LogP contribution is 1.97. The van der Waals surface area contributed by atoms with Gasteiger partial charge in [0.05, 0.1) is 13.2 Å². The van der Waals surface area contributed by atoms with Crippen LogP contribution in [0.3, 0.4) is 0 Å². The first kappa shape index (κ1) is 13.1. The van der Waals surface area contributed by atoms with E-state index in [0.717, 1.165) is 31.9 Å². The molecule has 2 N–H and O–H groups in total. The Hall–Kier alpha value is -1.39. The fraction of sp³-hybridized carbons (Fsp3) is 0.500. The minimum atomic E-state index is -0.00221. The van der Waals surface area contributed by atoms with E-state index in [2.05, 4.69) is 5.32 Å². The number of nitrogens with one attached hydrogen (secondary N) is 2. The summed E-state index contributed by atoms with van der Waals surface area (Å²) >= 11 is 0. The third-order valence-electron chi connectivity index (χ3n) is 3.45. The third kappa shape index (κ3) is 3.55. The molecule has 0 bridgehead atoms. The number of amides is 1. The second kappa shape index (κ2) is 6.52. The highest BCUT2D eigenvalue weighted by atomic mass is 16.5. The Morgan fingerprint density at radius 2 is 2.00 bits per heavy atom. The van der Waals surface area contributed by atoms with E-state index in [4.69, 9.17) is 4.74 Å². The van der Waals surface area contributed by atoms with Crippen LogP contribution < -0.4 is 10.2 Å². The monoisotopic (exact) mass is 249 g/mol. The van der Waals surface area contributed by atoms with Gasteiger partial charge in [0.2, 0.25) is 0 Å². The summed E-state index contributed by atoms with van der Waals surface area (Å²) in [6.45, 7) is 5.94. The summed E-state index contributed by atoms with van der Waals surface area (Å²) < 4.78 is 5.31. The number of carbonyl (C=O) groups excluding carboxylic acids is 1. The summed E-state index contributed by atoms with van der Waals surface area (Å²) in [5.41, 5.74) is 1.13. The van der Waals surface area contributed by atoms with Gasteiger partial charge in [-0.2, -0.15) is 0 Å².